The Hall–Kier alpha value is -0.780. The van der Waals surface area contributed by atoms with Gasteiger partial charge in [-0.25, -0.2) is 0 Å². The smallest absolute Gasteiger partial charge is 0.157 e. The molecule has 0 spiro atoms. The number of nitrogens with two attached hydrogens (primary N) is 1. The molecule has 0 bridgehead atoms. The molecule has 0 aliphatic carbocycles. The summed E-state index contributed by atoms with van der Waals surface area (Å²) in [5, 5.41) is 10.3. The number of rotatable bonds is 4. The van der Waals surface area contributed by atoms with Crippen LogP contribution < -0.4 is 5.73 Å². The molecule has 1 atom stereocenters. The summed E-state index contributed by atoms with van der Waals surface area (Å²) in [5.41, 5.74) is 5.93. The van der Waals surface area contributed by atoms with Crippen LogP contribution in [-0.4, -0.2) is 10.2 Å². The van der Waals surface area contributed by atoms with Gasteiger partial charge in [-0.15, -0.1) is 21.5 Å². The molecule has 2 aromatic rings. The van der Waals surface area contributed by atoms with Crippen molar-refractivity contribution < 1.29 is 0 Å². The fourth-order valence-electron chi connectivity index (χ4n) is 1.34. The lowest BCUT2D eigenvalue weighted by atomic mass is 10.3. The van der Waals surface area contributed by atoms with E-state index >= 15 is 0 Å². The molecule has 0 aliphatic heterocycles. The average Bonchev–Trinajstić information content (AvgIpc) is 2.95. The molecule has 5 heteroatoms. The van der Waals surface area contributed by atoms with Crippen molar-refractivity contribution in [1.29, 1.82) is 0 Å². The second-order valence-electron chi connectivity index (χ2n) is 3.58. The molecule has 3 nitrogen and oxygen atoms in total. The zero-order valence-corrected chi connectivity index (χ0v) is 11.1. The molecular formula is C11H15N3S2. The van der Waals surface area contributed by atoms with Crippen molar-refractivity contribution in [2.45, 2.75) is 32.7 Å². The van der Waals surface area contributed by atoms with Gasteiger partial charge in [0.2, 0.25) is 0 Å². The quantitative estimate of drug-likeness (QED) is 0.910. The van der Waals surface area contributed by atoms with E-state index < -0.39 is 0 Å². The highest BCUT2D eigenvalue weighted by Crippen LogP contribution is 2.32. The summed E-state index contributed by atoms with van der Waals surface area (Å²) < 4.78 is 0. The molecule has 0 saturated carbocycles. The molecule has 2 rings (SSSR count). The van der Waals surface area contributed by atoms with Crippen LogP contribution in [0.5, 0.6) is 0 Å². The first kappa shape index (κ1) is 11.7. The van der Waals surface area contributed by atoms with Crippen molar-refractivity contribution in [3.05, 3.63) is 22.0 Å². The number of aryl methyl sites for hydroxylation is 1. The van der Waals surface area contributed by atoms with Gasteiger partial charge in [0, 0.05) is 4.88 Å². The van der Waals surface area contributed by atoms with Gasteiger partial charge in [0.05, 0.1) is 10.9 Å². The van der Waals surface area contributed by atoms with Gasteiger partial charge >= 0.3 is 0 Å². The Labute approximate surface area is 103 Å². The van der Waals surface area contributed by atoms with Crippen LogP contribution in [0, 0.1) is 0 Å². The van der Waals surface area contributed by atoms with Gasteiger partial charge in [0.1, 0.15) is 5.01 Å². The van der Waals surface area contributed by atoms with E-state index in [9.17, 15) is 0 Å². The number of thiophene rings is 1. The summed E-state index contributed by atoms with van der Waals surface area (Å²) in [6.07, 6.45) is 1.98. The van der Waals surface area contributed by atoms with Gasteiger partial charge in [0.15, 0.2) is 5.01 Å². The lowest BCUT2D eigenvalue weighted by Gasteiger charge is -2.00. The van der Waals surface area contributed by atoms with Crippen LogP contribution >= 0.6 is 22.7 Å². The van der Waals surface area contributed by atoms with Crippen molar-refractivity contribution in [3.63, 3.8) is 0 Å². The molecule has 16 heavy (non-hydrogen) atoms. The molecule has 2 N–H and O–H groups in total. The van der Waals surface area contributed by atoms with Gasteiger partial charge in [-0.05, 0) is 25.0 Å². The second-order valence-corrected chi connectivity index (χ2v) is 5.76. The van der Waals surface area contributed by atoms with E-state index in [2.05, 4.69) is 36.2 Å². The molecule has 0 saturated heterocycles. The molecule has 2 heterocycles. The standard InChI is InChI=1S/C11H15N3S2/c1-3-7-5-6-9(15-7)11-14-13-10(16-11)8(12)4-2/h5-6,8H,3-4,12H2,1-2H3. The highest BCUT2D eigenvalue weighted by Gasteiger charge is 2.12. The first-order valence-electron chi connectivity index (χ1n) is 5.42. The Morgan fingerprint density at radius 2 is 2.06 bits per heavy atom. The zero-order valence-electron chi connectivity index (χ0n) is 9.43. The van der Waals surface area contributed by atoms with Crippen molar-refractivity contribution in [2.75, 3.05) is 0 Å². The van der Waals surface area contributed by atoms with E-state index in [1.807, 2.05) is 0 Å². The minimum atomic E-state index is 0.0249. The number of hydrogen-bond donors (Lipinski definition) is 1. The molecule has 1 unspecified atom stereocenters. The molecular weight excluding hydrogens is 238 g/mol. The summed E-state index contributed by atoms with van der Waals surface area (Å²) in [7, 11) is 0. The monoisotopic (exact) mass is 253 g/mol. The van der Waals surface area contributed by atoms with Crippen LogP contribution in [0.4, 0.5) is 0 Å². The van der Waals surface area contributed by atoms with E-state index in [-0.39, 0.29) is 6.04 Å². The molecule has 0 amide bonds. The Balaban J connectivity index is 2.24. The third-order valence-electron chi connectivity index (χ3n) is 2.42. The summed E-state index contributed by atoms with van der Waals surface area (Å²) >= 11 is 3.39. The van der Waals surface area contributed by atoms with Crippen LogP contribution in [0.25, 0.3) is 9.88 Å². The van der Waals surface area contributed by atoms with Crippen LogP contribution in [0.2, 0.25) is 0 Å². The maximum absolute atomic E-state index is 5.93. The van der Waals surface area contributed by atoms with Crippen molar-refractivity contribution in [3.8, 4) is 9.88 Å². The Morgan fingerprint density at radius 1 is 1.25 bits per heavy atom. The van der Waals surface area contributed by atoms with Gasteiger partial charge in [-0.2, -0.15) is 0 Å². The van der Waals surface area contributed by atoms with Crippen LogP contribution in [-0.2, 0) is 6.42 Å². The number of aromatic nitrogens is 2. The molecule has 86 valence electrons. The fraction of sp³-hybridized carbons (Fsp3) is 0.455. The predicted octanol–water partition coefficient (Wildman–Crippen LogP) is 3.24. The van der Waals surface area contributed by atoms with Gasteiger partial charge in [0.25, 0.3) is 0 Å². The van der Waals surface area contributed by atoms with E-state index in [1.165, 1.54) is 9.75 Å². The van der Waals surface area contributed by atoms with E-state index in [4.69, 9.17) is 5.73 Å². The van der Waals surface area contributed by atoms with Crippen molar-refractivity contribution in [2.24, 2.45) is 5.73 Å². The third kappa shape index (κ3) is 2.31. The number of hydrogen-bond acceptors (Lipinski definition) is 5. The molecule has 0 radical (unpaired) electrons. The molecule has 2 aromatic heterocycles. The van der Waals surface area contributed by atoms with Crippen LogP contribution in [0.1, 0.15) is 36.2 Å². The maximum Gasteiger partial charge on any atom is 0.157 e. The van der Waals surface area contributed by atoms with E-state index in [1.54, 1.807) is 22.7 Å². The summed E-state index contributed by atoms with van der Waals surface area (Å²) in [6.45, 7) is 4.22. The number of nitrogens with zero attached hydrogens (tertiary/aromatic N) is 2. The highest BCUT2D eigenvalue weighted by atomic mass is 32.1. The van der Waals surface area contributed by atoms with E-state index in [0.29, 0.717) is 0 Å². The lowest BCUT2D eigenvalue weighted by Crippen LogP contribution is -2.07. The van der Waals surface area contributed by atoms with E-state index in [0.717, 1.165) is 22.9 Å². The topological polar surface area (TPSA) is 51.8 Å². The predicted molar refractivity (Wildman–Crippen MR) is 69.8 cm³/mol. The normalized spacial score (nSPS) is 12.9. The minimum absolute atomic E-state index is 0.0249. The van der Waals surface area contributed by atoms with Crippen LogP contribution in [0.15, 0.2) is 12.1 Å². The van der Waals surface area contributed by atoms with Crippen LogP contribution in [0.3, 0.4) is 0 Å². The molecule has 0 aliphatic rings. The maximum atomic E-state index is 5.93. The van der Waals surface area contributed by atoms with Crippen molar-refractivity contribution in [1.82, 2.24) is 10.2 Å². The largest absolute Gasteiger partial charge is 0.322 e. The lowest BCUT2D eigenvalue weighted by molar-refractivity contribution is 0.683. The summed E-state index contributed by atoms with van der Waals surface area (Å²) in [4.78, 5) is 2.58. The Morgan fingerprint density at radius 3 is 2.69 bits per heavy atom. The average molecular weight is 253 g/mol. The van der Waals surface area contributed by atoms with Crippen molar-refractivity contribution >= 4 is 22.7 Å². The first-order chi connectivity index (χ1) is 7.74. The highest BCUT2D eigenvalue weighted by molar-refractivity contribution is 7.21. The zero-order chi connectivity index (χ0) is 11.5. The van der Waals surface area contributed by atoms with Gasteiger partial charge in [-0.3, -0.25) is 0 Å². The Bertz CT molecular complexity index is 461. The first-order valence-corrected chi connectivity index (χ1v) is 7.06. The summed E-state index contributed by atoms with van der Waals surface area (Å²) in [5.74, 6) is 0. The fourth-order valence-corrected chi connectivity index (χ4v) is 3.27. The third-order valence-corrected chi connectivity index (χ3v) is 4.87. The minimum Gasteiger partial charge on any atom is -0.322 e. The second kappa shape index (κ2) is 5.03. The molecule has 0 fully saturated rings. The summed E-state index contributed by atoms with van der Waals surface area (Å²) in [6, 6.07) is 4.29. The van der Waals surface area contributed by atoms with Gasteiger partial charge < -0.3 is 5.73 Å². The Kier molecular flexibility index (Phi) is 3.68. The van der Waals surface area contributed by atoms with Gasteiger partial charge in [-0.1, -0.05) is 25.2 Å². The SMILES string of the molecule is CCc1ccc(-c2nnc(C(N)CC)s2)s1. The molecule has 0 aromatic carbocycles.